The van der Waals surface area contributed by atoms with Crippen LogP contribution >= 0.6 is 11.3 Å². The Morgan fingerprint density at radius 2 is 1.76 bits per heavy atom. The average molecular weight is 461 g/mol. The molecule has 8 heteroatoms. The summed E-state index contributed by atoms with van der Waals surface area (Å²) in [6.07, 6.45) is 1.50. The maximum absolute atomic E-state index is 13.1. The predicted octanol–water partition coefficient (Wildman–Crippen LogP) is 3.55. The summed E-state index contributed by atoms with van der Waals surface area (Å²) in [5, 5.41) is 2.07. The molecular formula is C25H24N4O3S. The van der Waals surface area contributed by atoms with Crippen molar-refractivity contribution in [3.05, 3.63) is 71.9 Å². The number of benzene rings is 2. The molecule has 0 spiro atoms. The van der Waals surface area contributed by atoms with Crippen LogP contribution in [-0.2, 0) is 11.3 Å². The van der Waals surface area contributed by atoms with Gasteiger partial charge in [-0.3, -0.25) is 14.1 Å². The van der Waals surface area contributed by atoms with Gasteiger partial charge in [-0.25, -0.2) is 4.98 Å². The lowest BCUT2D eigenvalue weighted by Crippen LogP contribution is -2.53. The van der Waals surface area contributed by atoms with Gasteiger partial charge in [-0.15, -0.1) is 11.3 Å². The molecule has 0 saturated carbocycles. The number of carbonyl (C=O) groups is 1. The second kappa shape index (κ2) is 8.53. The third-order valence-electron chi connectivity index (χ3n) is 6.25. The van der Waals surface area contributed by atoms with Crippen molar-refractivity contribution < 1.29 is 14.3 Å². The number of hydrogen-bond acceptors (Lipinski definition) is 6. The average Bonchev–Trinajstić information content (AvgIpc) is 3.47. The smallest absolute Gasteiger partial charge is 0.267 e. The number of rotatable bonds is 4. The van der Waals surface area contributed by atoms with E-state index < -0.39 is 6.10 Å². The molecule has 0 N–H and O–H groups in total. The number of nitrogens with zero attached hydrogens (tertiary/aromatic N) is 4. The lowest BCUT2D eigenvalue weighted by atomic mass is 10.1. The number of amides is 1. The molecule has 4 aromatic rings. The van der Waals surface area contributed by atoms with Crippen LogP contribution < -0.4 is 9.47 Å². The number of imidazole rings is 1. The van der Waals surface area contributed by atoms with Gasteiger partial charge in [0.2, 0.25) is 6.10 Å². The van der Waals surface area contributed by atoms with Crippen molar-refractivity contribution in [2.75, 3.05) is 32.8 Å². The molecule has 168 valence electrons. The molecular weight excluding hydrogens is 436 g/mol. The Hall–Kier alpha value is -3.36. The molecule has 7 nitrogen and oxygen atoms in total. The molecule has 0 unspecified atom stereocenters. The number of para-hydroxylation sites is 2. The van der Waals surface area contributed by atoms with Crippen LogP contribution in [0.4, 0.5) is 0 Å². The highest BCUT2D eigenvalue weighted by Crippen LogP contribution is 2.32. The van der Waals surface area contributed by atoms with E-state index in [2.05, 4.69) is 33.0 Å². The standard InChI is InChI=1S/C25H24N4O3S/c30-24(22-17-31-20-8-4-5-9-21(20)32-22)28-12-10-27(11-13-28)16-19-23(18-6-2-1-3-7-18)26-25-29(19)14-15-33-25/h1-9,14-15,22H,10-13,16-17H2/t22-/m1/s1. The largest absolute Gasteiger partial charge is 0.485 e. The maximum Gasteiger partial charge on any atom is 0.267 e. The summed E-state index contributed by atoms with van der Waals surface area (Å²) < 4.78 is 13.8. The summed E-state index contributed by atoms with van der Waals surface area (Å²) in [6, 6.07) is 17.8. The van der Waals surface area contributed by atoms with E-state index in [4.69, 9.17) is 14.5 Å². The number of hydrogen-bond donors (Lipinski definition) is 0. The van der Waals surface area contributed by atoms with Gasteiger partial charge in [0.05, 0.1) is 11.4 Å². The van der Waals surface area contributed by atoms with Crippen LogP contribution in [0, 0.1) is 0 Å². The number of carbonyl (C=O) groups excluding carboxylic acids is 1. The first-order valence-electron chi connectivity index (χ1n) is 11.2. The number of aromatic nitrogens is 2. The van der Waals surface area contributed by atoms with Crippen LogP contribution in [0.5, 0.6) is 11.5 Å². The van der Waals surface area contributed by atoms with Crippen LogP contribution in [0.25, 0.3) is 16.2 Å². The first-order valence-corrected chi connectivity index (χ1v) is 12.0. The monoisotopic (exact) mass is 460 g/mol. The van der Waals surface area contributed by atoms with Crippen molar-refractivity contribution in [3.8, 4) is 22.8 Å². The lowest BCUT2D eigenvalue weighted by molar-refractivity contribution is -0.143. The van der Waals surface area contributed by atoms with E-state index in [9.17, 15) is 4.79 Å². The van der Waals surface area contributed by atoms with Crippen molar-refractivity contribution in [3.63, 3.8) is 0 Å². The van der Waals surface area contributed by atoms with E-state index in [-0.39, 0.29) is 12.5 Å². The zero-order chi connectivity index (χ0) is 22.2. The van der Waals surface area contributed by atoms with Crippen molar-refractivity contribution in [1.29, 1.82) is 0 Å². The molecule has 1 amide bonds. The molecule has 1 fully saturated rings. The van der Waals surface area contributed by atoms with Gasteiger partial charge in [0, 0.05) is 49.9 Å². The molecule has 6 rings (SSSR count). The maximum atomic E-state index is 13.1. The Balaban J connectivity index is 1.13. The summed E-state index contributed by atoms with van der Waals surface area (Å²) in [5.74, 6) is 1.33. The summed E-state index contributed by atoms with van der Waals surface area (Å²) in [6.45, 7) is 4.01. The molecule has 2 aromatic carbocycles. The normalized spacial score (nSPS) is 18.5. The van der Waals surface area contributed by atoms with Crippen LogP contribution in [0.15, 0.2) is 66.2 Å². The first kappa shape index (κ1) is 20.3. The quantitative estimate of drug-likeness (QED) is 0.466. The van der Waals surface area contributed by atoms with E-state index in [0.717, 1.165) is 35.9 Å². The van der Waals surface area contributed by atoms with Gasteiger partial charge in [0.15, 0.2) is 16.5 Å². The van der Waals surface area contributed by atoms with Crippen LogP contribution in [0.1, 0.15) is 5.69 Å². The van der Waals surface area contributed by atoms with Crippen LogP contribution in [0.3, 0.4) is 0 Å². The molecule has 0 bridgehead atoms. The zero-order valence-electron chi connectivity index (χ0n) is 18.1. The number of fused-ring (bicyclic) bond motifs is 2. The van der Waals surface area contributed by atoms with E-state index in [0.29, 0.717) is 24.6 Å². The molecule has 2 aliphatic heterocycles. The highest BCUT2D eigenvalue weighted by Gasteiger charge is 2.33. The molecule has 2 aromatic heterocycles. The lowest BCUT2D eigenvalue weighted by Gasteiger charge is -2.37. The van der Waals surface area contributed by atoms with Crippen molar-refractivity contribution in [1.82, 2.24) is 19.2 Å². The molecule has 33 heavy (non-hydrogen) atoms. The minimum atomic E-state index is -0.587. The predicted molar refractivity (Wildman–Crippen MR) is 127 cm³/mol. The molecule has 0 aliphatic carbocycles. The summed E-state index contributed by atoms with van der Waals surface area (Å²) in [4.78, 5) is 23.2. The molecule has 1 atom stereocenters. The fourth-order valence-corrected chi connectivity index (χ4v) is 5.23. The number of piperazine rings is 1. The van der Waals surface area contributed by atoms with Gasteiger partial charge in [-0.05, 0) is 12.1 Å². The third-order valence-corrected chi connectivity index (χ3v) is 7.01. The highest BCUT2D eigenvalue weighted by atomic mass is 32.1. The first-order chi connectivity index (χ1) is 16.3. The van der Waals surface area contributed by atoms with E-state index in [1.54, 1.807) is 11.3 Å². The van der Waals surface area contributed by atoms with Gasteiger partial charge in [0.25, 0.3) is 5.91 Å². The third kappa shape index (κ3) is 3.85. The van der Waals surface area contributed by atoms with Crippen molar-refractivity contribution >= 4 is 22.2 Å². The van der Waals surface area contributed by atoms with Crippen LogP contribution in [-0.4, -0.2) is 64.0 Å². The molecule has 2 aliphatic rings. The SMILES string of the molecule is O=C([C@H]1COc2ccccc2O1)N1CCN(Cc2c(-c3ccccc3)nc3sccn23)CC1. The second-order valence-corrected chi connectivity index (χ2v) is 9.17. The zero-order valence-corrected chi connectivity index (χ0v) is 18.9. The summed E-state index contributed by atoms with van der Waals surface area (Å²) in [5.41, 5.74) is 3.36. The highest BCUT2D eigenvalue weighted by molar-refractivity contribution is 7.15. The van der Waals surface area contributed by atoms with Gasteiger partial charge in [0.1, 0.15) is 6.61 Å². The van der Waals surface area contributed by atoms with Gasteiger partial charge < -0.3 is 14.4 Å². The molecule has 0 radical (unpaired) electrons. The Labute approximate surface area is 195 Å². The molecule has 1 saturated heterocycles. The minimum absolute atomic E-state index is 0.00120. The second-order valence-electron chi connectivity index (χ2n) is 8.29. The summed E-state index contributed by atoms with van der Waals surface area (Å²) in [7, 11) is 0. The molecule has 4 heterocycles. The van der Waals surface area contributed by atoms with E-state index in [1.165, 1.54) is 5.69 Å². The van der Waals surface area contributed by atoms with E-state index in [1.807, 2.05) is 47.4 Å². The van der Waals surface area contributed by atoms with E-state index >= 15 is 0 Å². The Morgan fingerprint density at radius 1 is 1.00 bits per heavy atom. The fourth-order valence-electron chi connectivity index (χ4n) is 4.49. The number of thiazole rings is 1. The van der Waals surface area contributed by atoms with Crippen LogP contribution in [0.2, 0.25) is 0 Å². The topological polar surface area (TPSA) is 59.3 Å². The summed E-state index contributed by atoms with van der Waals surface area (Å²) >= 11 is 1.65. The van der Waals surface area contributed by atoms with Gasteiger partial charge >= 0.3 is 0 Å². The Morgan fingerprint density at radius 3 is 2.58 bits per heavy atom. The Kier molecular flexibility index (Phi) is 5.24. The Bertz CT molecular complexity index is 1280. The van der Waals surface area contributed by atoms with Crippen molar-refractivity contribution in [2.45, 2.75) is 12.6 Å². The van der Waals surface area contributed by atoms with Crippen molar-refractivity contribution in [2.24, 2.45) is 0 Å². The fraction of sp³-hybridized carbons (Fsp3) is 0.280. The van der Waals surface area contributed by atoms with Gasteiger partial charge in [-0.1, -0.05) is 42.5 Å². The van der Waals surface area contributed by atoms with Gasteiger partial charge in [-0.2, -0.15) is 0 Å². The minimum Gasteiger partial charge on any atom is -0.485 e. The number of ether oxygens (including phenoxy) is 2.